The summed E-state index contributed by atoms with van der Waals surface area (Å²) in [5.74, 6) is -0.998. The second kappa shape index (κ2) is 7.20. The molecular formula is C17H19ClN2O5S. The predicted octanol–water partition coefficient (Wildman–Crippen LogP) is 2.64. The number of sulfone groups is 1. The Bertz CT molecular complexity index is 1010. The molecule has 0 spiro atoms. The number of hydrogen-bond acceptors (Lipinski definition) is 6. The van der Waals surface area contributed by atoms with Crippen molar-refractivity contribution in [2.75, 3.05) is 6.26 Å². The summed E-state index contributed by atoms with van der Waals surface area (Å²) in [5, 5.41) is 4.00. The Labute approximate surface area is 156 Å². The Kier molecular flexibility index (Phi) is 5.58. The highest BCUT2D eigenvalue weighted by Gasteiger charge is 2.26. The van der Waals surface area contributed by atoms with Crippen LogP contribution in [0.1, 0.15) is 40.4 Å². The van der Waals surface area contributed by atoms with Crippen LogP contribution in [0.15, 0.2) is 17.2 Å². The maximum Gasteiger partial charge on any atom is 0.312 e. The summed E-state index contributed by atoms with van der Waals surface area (Å²) < 4.78 is 30.4. The molecule has 1 aromatic carbocycles. The van der Waals surface area contributed by atoms with Crippen molar-refractivity contribution in [3.05, 3.63) is 39.5 Å². The van der Waals surface area contributed by atoms with Gasteiger partial charge in [-0.05, 0) is 31.0 Å². The van der Waals surface area contributed by atoms with Gasteiger partial charge in [0.05, 0.1) is 16.1 Å². The number of aromatic nitrogens is 2. The fourth-order valence-corrected chi connectivity index (χ4v) is 4.30. The van der Waals surface area contributed by atoms with E-state index in [0.29, 0.717) is 11.1 Å². The summed E-state index contributed by atoms with van der Waals surface area (Å²) in [7, 11) is -1.96. The number of esters is 1. The minimum absolute atomic E-state index is 0.0143. The molecule has 1 heterocycles. The number of halogens is 1. The minimum Gasteiger partial charge on any atom is -0.407 e. The summed E-state index contributed by atoms with van der Waals surface area (Å²) in [6.45, 7) is 4.77. The average molecular weight is 399 g/mol. The van der Waals surface area contributed by atoms with Gasteiger partial charge in [-0.3, -0.25) is 9.59 Å². The third kappa shape index (κ3) is 3.66. The van der Waals surface area contributed by atoms with Gasteiger partial charge in [-0.25, -0.2) is 13.1 Å². The molecular weight excluding hydrogens is 380 g/mol. The monoisotopic (exact) mass is 398 g/mol. The summed E-state index contributed by atoms with van der Waals surface area (Å²) in [4.78, 5) is 24.7. The molecule has 0 unspecified atom stereocenters. The maximum atomic E-state index is 13.0. The van der Waals surface area contributed by atoms with Gasteiger partial charge in [0.1, 0.15) is 5.56 Å². The molecule has 1 aromatic heterocycles. The van der Waals surface area contributed by atoms with Crippen molar-refractivity contribution in [3.8, 4) is 5.88 Å². The number of nitrogens with zero attached hydrogens (tertiary/aromatic N) is 2. The number of carbonyl (C=O) groups is 2. The third-order valence-electron chi connectivity index (χ3n) is 3.87. The van der Waals surface area contributed by atoms with Crippen LogP contribution in [0.3, 0.4) is 0 Å². The smallest absolute Gasteiger partial charge is 0.312 e. The number of rotatable bonds is 5. The number of benzene rings is 1. The Morgan fingerprint density at radius 1 is 1.27 bits per heavy atom. The third-order valence-corrected chi connectivity index (χ3v) is 5.73. The van der Waals surface area contributed by atoms with Crippen LogP contribution < -0.4 is 4.74 Å². The second-order valence-corrected chi connectivity index (χ2v) is 8.26. The normalized spacial score (nSPS) is 11.5. The molecule has 7 nitrogen and oxygen atoms in total. The lowest BCUT2D eigenvalue weighted by atomic mass is 10.0. The molecule has 0 aliphatic heterocycles. The van der Waals surface area contributed by atoms with Gasteiger partial charge in [-0.15, -0.1) is 0 Å². The zero-order valence-electron chi connectivity index (χ0n) is 15.1. The van der Waals surface area contributed by atoms with Gasteiger partial charge < -0.3 is 4.74 Å². The van der Waals surface area contributed by atoms with Gasteiger partial charge >= 0.3 is 5.97 Å². The van der Waals surface area contributed by atoms with Crippen molar-refractivity contribution in [1.82, 2.24) is 9.78 Å². The first-order chi connectivity index (χ1) is 12.0. The molecule has 9 heteroatoms. The van der Waals surface area contributed by atoms with E-state index in [0.717, 1.165) is 6.26 Å². The standard InChI is InChI=1S/C17H19ClN2O5S/c1-6-13(21)25-17-12(8-19-20(17)4)15(22)11-7-9(2)16(26(5,23)24)10(3)14(11)18/h7-8H,6H2,1-5H3. The quantitative estimate of drug-likeness (QED) is 0.567. The van der Waals surface area contributed by atoms with Crippen molar-refractivity contribution in [3.63, 3.8) is 0 Å². The molecule has 2 aromatic rings. The lowest BCUT2D eigenvalue weighted by Crippen LogP contribution is -2.13. The topological polar surface area (TPSA) is 95.3 Å². The number of aryl methyl sites for hydroxylation is 2. The molecule has 0 amide bonds. The molecule has 0 saturated carbocycles. The summed E-state index contributed by atoms with van der Waals surface area (Å²) in [6, 6.07) is 1.42. The van der Waals surface area contributed by atoms with E-state index in [1.54, 1.807) is 27.8 Å². The highest BCUT2D eigenvalue weighted by atomic mass is 35.5. The first kappa shape index (κ1) is 20.1. The van der Waals surface area contributed by atoms with Crippen molar-refractivity contribution < 1.29 is 22.7 Å². The summed E-state index contributed by atoms with van der Waals surface area (Å²) >= 11 is 6.29. The molecule has 0 atom stereocenters. The Morgan fingerprint density at radius 2 is 1.88 bits per heavy atom. The van der Waals surface area contributed by atoms with Crippen LogP contribution >= 0.6 is 11.6 Å². The van der Waals surface area contributed by atoms with E-state index in [1.165, 1.54) is 16.9 Å². The van der Waals surface area contributed by atoms with E-state index >= 15 is 0 Å². The first-order valence-corrected chi connectivity index (χ1v) is 10.0. The summed E-state index contributed by atoms with van der Waals surface area (Å²) in [6.07, 6.45) is 2.51. The van der Waals surface area contributed by atoms with Crippen molar-refractivity contribution in [2.45, 2.75) is 32.1 Å². The molecule has 0 bridgehead atoms. The van der Waals surface area contributed by atoms with Gasteiger partial charge in [-0.2, -0.15) is 5.10 Å². The number of ketones is 1. The zero-order valence-corrected chi connectivity index (χ0v) is 16.7. The predicted molar refractivity (Wildman–Crippen MR) is 96.6 cm³/mol. The van der Waals surface area contributed by atoms with Gasteiger partial charge in [0.15, 0.2) is 9.84 Å². The van der Waals surface area contributed by atoms with Crippen LogP contribution in [0.2, 0.25) is 5.02 Å². The maximum absolute atomic E-state index is 13.0. The van der Waals surface area contributed by atoms with Crippen LogP contribution in [0.5, 0.6) is 5.88 Å². The van der Waals surface area contributed by atoms with Crippen LogP contribution in [-0.2, 0) is 21.7 Å². The zero-order chi connectivity index (χ0) is 19.8. The van der Waals surface area contributed by atoms with E-state index in [1.807, 2.05) is 0 Å². The number of carbonyl (C=O) groups excluding carboxylic acids is 2. The molecule has 0 fully saturated rings. The largest absolute Gasteiger partial charge is 0.407 e. The number of hydrogen-bond donors (Lipinski definition) is 0. The molecule has 0 radical (unpaired) electrons. The fourth-order valence-electron chi connectivity index (χ4n) is 2.71. The van der Waals surface area contributed by atoms with E-state index in [-0.39, 0.29) is 33.3 Å². The highest BCUT2D eigenvalue weighted by Crippen LogP contribution is 2.33. The molecule has 0 aliphatic rings. The van der Waals surface area contributed by atoms with Gasteiger partial charge in [0, 0.05) is 25.3 Å². The van der Waals surface area contributed by atoms with Crippen LogP contribution in [0.25, 0.3) is 0 Å². The van der Waals surface area contributed by atoms with E-state index in [9.17, 15) is 18.0 Å². The van der Waals surface area contributed by atoms with E-state index in [4.69, 9.17) is 16.3 Å². The second-order valence-electron chi connectivity index (χ2n) is 5.93. The SMILES string of the molecule is CCC(=O)Oc1c(C(=O)c2cc(C)c(S(C)(=O)=O)c(C)c2Cl)cnn1C. The Morgan fingerprint density at radius 3 is 2.42 bits per heavy atom. The van der Waals surface area contributed by atoms with Gasteiger partial charge in [0.2, 0.25) is 11.7 Å². The molecule has 26 heavy (non-hydrogen) atoms. The minimum atomic E-state index is -3.50. The van der Waals surface area contributed by atoms with Crippen LogP contribution in [-0.4, -0.2) is 36.2 Å². The van der Waals surface area contributed by atoms with Crippen LogP contribution in [0.4, 0.5) is 0 Å². The molecule has 140 valence electrons. The van der Waals surface area contributed by atoms with Crippen molar-refractivity contribution in [2.24, 2.45) is 7.05 Å². The molecule has 0 saturated heterocycles. The van der Waals surface area contributed by atoms with Crippen molar-refractivity contribution in [1.29, 1.82) is 0 Å². The molecule has 0 aliphatic carbocycles. The lowest BCUT2D eigenvalue weighted by Gasteiger charge is -2.14. The lowest BCUT2D eigenvalue weighted by molar-refractivity contribution is -0.134. The van der Waals surface area contributed by atoms with Crippen LogP contribution in [0, 0.1) is 13.8 Å². The van der Waals surface area contributed by atoms with E-state index < -0.39 is 21.6 Å². The van der Waals surface area contributed by atoms with E-state index in [2.05, 4.69) is 5.10 Å². The number of ether oxygens (including phenoxy) is 1. The summed E-state index contributed by atoms with van der Waals surface area (Å²) in [5.41, 5.74) is 0.903. The highest BCUT2D eigenvalue weighted by molar-refractivity contribution is 7.90. The molecule has 0 N–H and O–H groups in total. The van der Waals surface area contributed by atoms with Gasteiger partial charge in [0.25, 0.3) is 0 Å². The first-order valence-electron chi connectivity index (χ1n) is 7.76. The fraction of sp³-hybridized carbons (Fsp3) is 0.353. The van der Waals surface area contributed by atoms with Crippen molar-refractivity contribution >= 4 is 33.2 Å². The Hall–Kier alpha value is -2.19. The molecule has 2 rings (SSSR count). The Balaban J connectivity index is 2.61. The van der Waals surface area contributed by atoms with Gasteiger partial charge in [-0.1, -0.05) is 18.5 Å². The average Bonchev–Trinajstić information content (AvgIpc) is 2.89.